The van der Waals surface area contributed by atoms with E-state index in [2.05, 4.69) is 33.1 Å². The Bertz CT molecular complexity index is 487. The van der Waals surface area contributed by atoms with Gasteiger partial charge in [0.1, 0.15) is 5.75 Å². The second-order valence-corrected chi connectivity index (χ2v) is 6.17. The number of hydrogen-bond donors (Lipinski definition) is 1. The number of ether oxygens (including phenoxy) is 1. The van der Waals surface area contributed by atoms with Crippen molar-refractivity contribution in [3.63, 3.8) is 0 Å². The Labute approximate surface area is 135 Å². The summed E-state index contributed by atoms with van der Waals surface area (Å²) in [6.45, 7) is 5.61. The van der Waals surface area contributed by atoms with Crippen molar-refractivity contribution >= 4 is 21.7 Å². The predicted octanol–water partition coefficient (Wildman–Crippen LogP) is 2.71. The second-order valence-electron chi connectivity index (χ2n) is 5.32. The molecule has 116 valence electrons. The Hall–Kier alpha value is -0.910. The Kier molecular flexibility index (Phi) is 6.21. The number of halogens is 1. The summed E-state index contributed by atoms with van der Waals surface area (Å²) >= 11 is 3.44. The van der Waals surface area contributed by atoms with Crippen LogP contribution >= 0.6 is 15.9 Å². The summed E-state index contributed by atoms with van der Waals surface area (Å²) in [6.07, 6.45) is 2.24. The average Bonchev–Trinajstić information content (AvgIpc) is 2.53. The van der Waals surface area contributed by atoms with Gasteiger partial charge in [-0.2, -0.15) is 0 Å². The van der Waals surface area contributed by atoms with Gasteiger partial charge in [0, 0.05) is 11.6 Å². The van der Waals surface area contributed by atoms with Gasteiger partial charge in [-0.3, -0.25) is 9.69 Å². The maximum absolute atomic E-state index is 12.5. The number of hydrogen-bond acceptors (Lipinski definition) is 4. The molecule has 0 spiro atoms. The number of Topliss-reactive ketones (excluding diaryl/α,β-unsaturated/α-hetero) is 1. The van der Waals surface area contributed by atoms with E-state index in [9.17, 15) is 4.79 Å². The topological polar surface area (TPSA) is 41.6 Å². The number of ketones is 1. The lowest BCUT2D eigenvalue weighted by Gasteiger charge is -2.33. The highest BCUT2D eigenvalue weighted by Gasteiger charge is 2.22. The zero-order valence-corrected chi connectivity index (χ0v) is 14.3. The Morgan fingerprint density at radius 1 is 1.43 bits per heavy atom. The van der Waals surface area contributed by atoms with E-state index in [0.29, 0.717) is 12.6 Å². The normalized spacial score (nSPS) is 16.2. The number of piperidine rings is 1. The minimum Gasteiger partial charge on any atom is -0.496 e. The number of nitrogens with zero attached hydrogens (tertiary/aromatic N) is 1. The van der Waals surface area contributed by atoms with Crippen molar-refractivity contribution in [1.82, 2.24) is 10.2 Å². The molecule has 21 heavy (non-hydrogen) atoms. The molecule has 1 aliphatic heterocycles. The molecular weight excluding hydrogens is 332 g/mol. The highest BCUT2D eigenvalue weighted by Crippen LogP contribution is 2.26. The molecule has 0 unspecified atom stereocenters. The van der Waals surface area contributed by atoms with Gasteiger partial charge in [0.05, 0.1) is 18.1 Å². The van der Waals surface area contributed by atoms with Crippen molar-refractivity contribution in [2.45, 2.75) is 25.8 Å². The van der Waals surface area contributed by atoms with Crippen LogP contribution in [-0.4, -0.2) is 50.0 Å². The molecule has 1 aromatic rings. The van der Waals surface area contributed by atoms with Crippen LogP contribution in [0.3, 0.4) is 0 Å². The molecule has 1 saturated heterocycles. The van der Waals surface area contributed by atoms with Gasteiger partial charge in [-0.15, -0.1) is 0 Å². The van der Waals surface area contributed by atoms with Crippen molar-refractivity contribution in [3.8, 4) is 5.75 Å². The summed E-state index contributed by atoms with van der Waals surface area (Å²) < 4.78 is 6.02. The lowest BCUT2D eigenvalue weighted by Crippen LogP contribution is -2.45. The molecule has 1 aliphatic rings. The number of carbonyl (C=O) groups excluding carboxylic acids is 1. The van der Waals surface area contributed by atoms with E-state index in [1.807, 2.05) is 18.2 Å². The van der Waals surface area contributed by atoms with Crippen LogP contribution in [-0.2, 0) is 0 Å². The summed E-state index contributed by atoms with van der Waals surface area (Å²) in [6, 6.07) is 6.03. The van der Waals surface area contributed by atoms with E-state index in [-0.39, 0.29) is 5.78 Å². The van der Waals surface area contributed by atoms with Gasteiger partial charge < -0.3 is 10.1 Å². The molecule has 1 heterocycles. The second kappa shape index (κ2) is 7.92. The van der Waals surface area contributed by atoms with Crippen LogP contribution in [0.2, 0.25) is 0 Å². The number of likely N-dealkylation sites (N-methyl/N-ethyl adjacent to an activating group) is 1. The summed E-state index contributed by atoms with van der Waals surface area (Å²) in [5.74, 6) is 0.913. The fraction of sp³-hybridized carbons (Fsp3) is 0.562. The largest absolute Gasteiger partial charge is 0.496 e. The highest BCUT2D eigenvalue weighted by molar-refractivity contribution is 9.10. The fourth-order valence-corrected chi connectivity index (χ4v) is 3.33. The Morgan fingerprint density at radius 2 is 2.14 bits per heavy atom. The first-order valence-electron chi connectivity index (χ1n) is 7.47. The first-order valence-corrected chi connectivity index (χ1v) is 8.26. The molecule has 0 radical (unpaired) electrons. The molecule has 0 aliphatic carbocycles. The van der Waals surface area contributed by atoms with Crippen molar-refractivity contribution in [2.75, 3.05) is 33.3 Å². The lowest BCUT2D eigenvalue weighted by molar-refractivity contribution is 0.0874. The van der Waals surface area contributed by atoms with E-state index < -0.39 is 0 Å². The molecule has 0 saturated carbocycles. The van der Waals surface area contributed by atoms with Crippen LogP contribution in [0.5, 0.6) is 5.75 Å². The molecule has 5 heteroatoms. The third-order valence-corrected chi connectivity index (χ3v) is 4.67. The zero-order chi connectivity index (χ0) is 15.2. The van der Waals surface area contributed by atoms with Gasteiger partial charge in [0.15, 0.2) is 5.78 Å². The summed E-state index contributed by atoms with van der Waals surface area (Å²) in [7, 11) is 1.62. The number of carbonyl (C=O) groups is 1. The summed E-state index contributed by atoms with van der Waals surface area (Å²) in [4.78, 5) is 14.8. The number of methoxy groups -OCH3 is 1. The van der Waals surface area contributed by atoms with Gasteiger partial charge in [-0.25, -0.2) is 0 Å². The van der Waals surface area contributed by atoms with Crippen molar-refractivity contribution in [1.29, 1.82) is 0 Å². The van der Waals surface area contributed by atoms with Crippen LogP contribution in [0.25, 0.3) is 0 Å². The third-order valence-electron chi connectivity index (χ3n) is 4.05. The molecule has 0 amide bonds. The molecule has 0 bridgehead atoms. The number of benzene rings is 1. The van der Waals surface area contributed by atoms with Crippen molar-refractivity contribution in [3.05, 3.63) is 28.2 Å². The maximum atomic E-state index is 12.5. The minimum absolute atomic E-state index is 0.165. The fourth-order valence-electron chi connectivity index (χ4n) is 2.79. The number of nitrogens with one attached hydrogen (secondary N) is 1. The predicted molar refractivity (Wildman–Crippen MR) is 88.2 cm³/mol. The van der Waals surface area contributed by atoms with E-state index in [1.54, 1.807) is 7.11 Å². The van der Waals surface area contributed by atoms with Crippen LogP contribution in [0.15, 0.2) is 22.7 Å². The van der Waals surface area contributed by atoms with Crippen LogP contribution in [0.4, 0.5) is 0 Å². The van der Waals surface area contributed by atoms with Gasteiger partial charge >= 0.3 is 0 Å². The van der Waals surface area contributed by atoms with Gasteiger partial charge in [-0.05, 0) is 66.6 Å². The monoisotopic (exact) mass is 354 g/mol. The average molecular weight is 355 g/mol. The van der Waals surface area contributed by atoms with E-state index in [0.717, 1.165) is 48.3 Å². The molecule has 2 rings (SSSR count). The van der Waals surface area contributed by atoms with Gasteiger partial charge in [0.2, 0.25) is 0 Å². The molecule has 1 N–H and O–H groups in total. The van der Waals surface area contributed by atoms with Crippen molar-refractivity contribution < 1.29 is 9.53 Å². The molecule has 1 aromatic carbocycles. The quantitative estimate of drug-likeness (QED) is 0.797. The first kappa shape index (κ1) is 16.5. The Morgan fingerprint density at radius 3 is 2.71 bits per heavy atom. The summed E-state index contributed by atoms with van der Waals surface area (Å²) in [5.41, 5.74) is 0.732. The lowest BCUT2D eigenvalue weighted by atomic mass is 10.0. The molecule has 1 fully saturated rings. The SMILES string of the molecule is CCN(CC(=O)c1ccc(OC)c(Br)c1)C1CCNCC1. The van der Waals surface area contributed by atoms with Crippen LogP contribution < -0.4 is 10.1 Å². The third kappa shape index (κ3) is 4.28. The Balaban J connectivity index is 2.03. The van der Waals surface area contributed by atoms with Gasteiger partial charge in [-0.1, -0.05) is 6.92 Å². The van der Waals surface area contributed by atoms with Crippen LogP contribution in [0, 0.1) is 0 Å². The first-order chi connectivity index (χ1) is 10.2. The zero-order valence-electron chi connectivity index (χ0n) is 12.7. The van der Waals surface area contributed by atoms with Crippen LogP contribution in [0.1, 0.15) is 30.1 Å². The standard InChI is InChI=1S/C16H23BrN2O2/c1-3-19(13-6-8-18-9-7-13)11-15(20)12-4-5-16(21-2)14(17)10-12/h4-5,10,13,18H,3,6-9,11H2,1-2H3. The summed E-state index contributed by atoms with van der Waals surface area (Å²) in [5, 5.41) is 3.37. The molecular formula is C16H23BrN2O2. The smallest absolute Gasteiger partial charge is 0.176 e. The van der Waals surface area contributed by atoms with E-state index in [4.69, 9.17) is 4.74 Å². The van der Waals surface area contributed by atoms with E-state index in [1.165, 1.54) is 0 Å². The number of rotatable bonds is 6. The molecule has 0 aromatic heterocycles. The van der Waals surface area contributed by atoms with Gasteiger partial charge in [0.25, 0.3) is 0 Å². The molecule has 0 atom stereocenters. The van der Waals surface area contributed by atoms with E-state index >= 15 is 0 Å². The van der Waals surface area contributed by atoms with Crippen molar-refractivity contribution in [2.24, 2.45) is 0 Å². The minimum atomic E-state index is 0.165. The maximum Gasteiger partial charge on any atom is 0.176 e. The highest BCUT2D eigenvalue weighted by atomic mass is 79.9. The molecule has 4 nitrogen and oxygen atoms in total.